The largest absolute Gasteiger partial charge is 0.566 e. The lowest BCUT2D eigenvalue weighted by Gasteiger charge is -2.20. The van der Waals surface area contributed by atoms with Crippen LogP contribution < -0.4 is 5.39 Å². The first-order valence-electron chi connectivity index (χ1n) is 4.62. The number of quaternary nitrogens is 1. The van der Waals surface area contributed by atoms with E-state index in [1.54, 1.807) is 0 Å². The molecule has 0 aromatic rings. The lowest BCUT2D eigenvalue weighted by Crippen LogP contribution is -3.05. The number of hydrogen-bond acceptors (Lipinski definition) is 3. The molecule has 2 unspecified atom stereocenters. The summed E-state index contributed by atoms with van der Waals surface area (Å²) in [5.41, 5.74) is 1.39. The second-order valence-electron chi connectivity index (χ2n) is 3.36. The summed E-state index contributed by atoms with van der Waals surface area (Å²) >= 11 is 0. The first-order chi connectivity index (χ1) is 6.22. The van der Waals surface area contributed by atoms with Gasteiger partial charge in [0.05, 0.1) is 7.11 Å². The van der Waals surface area contributed by atoms with Gasteiger partial charge < -0.3 is 5.21 Å². The highest BCUT2D eigenvalue weighted by Crippen LogP contribution is 2.18. The van der Waals surface area contributed by atoms with Crippen LogP contribution >= 0.6 is 0 Å². The van der Waals surface area contributed by atoms with Crippen LogP contribution in [0.3, 0.4) is 0 Å². The summed E-state index contributed by atoms with van der Waals surface area (Å²) in [5, 5.41) is 10.2. The van der Waals surface area contributed by atoms with Crippen molar-refractivity contribution in [2.24, 2.45) is 0 Å². The molecule has 0 aromatic heterocycles. The molecule has 1 aliphatic carbocycles. The minimum Gasteiger partial charge on any atom is -0.566 e. The van der Waals surface area contributed by atoms with Gasteiger partial charge in [-0.1, -0.05) is 17.0 Å². The third-order valence-electron chi connectivity index (χ3n) is 2.27. The molecule has 0 bridgehead atoms. The fourth-order valence-electron chi connectivity index (χ4n) is 1.45. The van der Waals surface area contributed by atoms with Crippen molar-refractivity contribution in [1.29, 1.82) is 0 Å². The lowest BCUT2D eigenvalue weighted by molar-refractivity contribution is -1.21. The number of hydrogen-bond donors (Lipinski definition) is 1. The summed E-state index contributed by atoms with van der Waals surface area (Å²) < 4.78 is 0. The zero-order valence-electron chi connectivity index (χ0n) is 8.21. The molecule has 0 saturated carbocycles. The highest BCUT2D eigenvalue weighted by molar-refractivity contribution is 5.00. The molecule has 1 aliphatic rings. The van der Waals surface area contributed by atoms with Crippen molar-refractivity contribution in [1.82, 2.24) is 0 Å². The summed E-state index contributed by atoms with van der Waals surface area (Å²) in [6, 6.07) is 0. The molecule has 0 spiro atoms. The van der Waals surface area contributed by atoms with E-state index in [2.05, 4.69) is 17.8 Å². The monoisotopic (exact) mass is 187 g/mol. The maximum atomic E-state index is 10.8. The van der Waals surface area contributed by atoms with Gasteiger partial charge in [0.25, 0.3) is 0 Å². The van der Waals surface area contributed by atoms with Crippen LogP contribution in [-0.2, 0) is 9.68 Å². The molecular weight excluding hydrogens is 170 g/mol. The Morgan fingerprint density at radius 1 is 1.54 bits per heavy atom. The van der Waals surface area contributed by atoms with Gasteiger partial charge in [-0.15, -0.1) is 0 Å². The Balaban J connectivity index is 2.29. The van der Waals surface area contributed by atoms with Gasteiger partial charge in [-0.3, -0.25) is 0 Å². The molecule has 1 N–H and O–H groups in total. The van der Waals surface area contributed by atoms with Crippen molar-refractivity contribution >= 4 is 0 Å². The lowest BCUT2D eigenvalue weighted by atomic mass is 10.1. The third-order valence-corrected chi connectivity index (χ3v) is 2.27. The van der Waals surface area contributed by atoms with Crippen LogP contribution in [0, 0.1) is 5.21 Å². The normalized spacial score (nSPS) is 26.4. The van der Waals surface area contributed by atoms with Crippen molar-refractivity contribution < 1.29 is 15.1 Å². The summed E-state index contributed by atoms with van der Waals surface area (Å²) in [6.45, 7) is 2.11. The molecule has 0 aromatic carbocycles. The molecule has 0 amide bonds. The van der Waals surface area contributed by atoms with E-state index in [1.807, 2.05) is 0 Å². The van der Waals surface area contributed by atoms with E-state index in [0.717, 1.165) is 25.7 Å². The predicted octanol–water partition coefficient (Wildman–Crippen LogP) is 0.751. The van der Waals surface area contributed by atoms with E-state index in [4.69, 9.17) is 4.84 Å². The van der Waals surface area contributed by atoms with Gasteiger partial charge in [0, 0.05) is 0 Å². The Hall–Kier alpha value is -0.420. The molecule has 4 nitrogen and oxygen atoms in total. The molecule has 0 aliphatic heterocycles. The second kappa shape index (κ2) is 5.34. The van der Waals surface area contributed by atoms with Crippen LogP contribution in [0.4, 0.5) is 0 Å². The van der Waals surface area contributed by atoms with E-state index in [1.165, 1.54) is 12.7 Å². The molecular formula is C9H17NO3. The molecule has 0 radical (unpaired) electrons. The smallest absolute Gasteiger partial charge is 0.122 e. The van der Waals surface area contributed by atoms with Gasteiger partial charge in [0.15, 0.2) is 0 Å². The SMILES string of the molecule is CO[NH+]([O-])OC1CCC=C(C)CC1. The maximum absolute atomic E-state index is 10.8. The van der Waals surface area contributed by atoms with Gasteiger partial charge in [0.1, 0.15) is 6.10 Å². The fraction of sp³-hybridized carbons (Fsp3) is 0.778. The topological polar surface area (TPSA) is 46.0 Å². The van der Waals surface area contributed by atoms with Gasteiger partial charge in [-0.2, -0.15) is 9.68 Å². The van der Waals surface area contributed by atoms with Crippen LogP contribution in [0.15, 0.2) is 11.6 Å². The van der Waals surface area contributed by atoms with Gasteiger partial charge >= 0.3 is 0 Å². The molecule has 2 atom stereocenters. The Bertz CT molecular complexity index is 182. The Morgan fingerprint density at radius 2 is 2.31 bits per heavy atom. The number of nitrogens with one attached hydrogen (secondary N) is 1. The highest BCUT2D eigenvalue weighted by Gasteiger charge is 2.16. The summed E-state index contributed by atoms with van der Waals surface area (Å²) in [4.78, 5) is 9.52. The fourth-order valence-corrected chi connectivity index (χ4v) is 1.45. The molecule has 1 rings (SSSR count). The van der Waals surface area contributed by atoms with Crippen molar-refractivity contribution in [3.8, 4) is 0 Å². The minimum atomic E-state index is -0.565. The van der Waals surface area contributed by atoms with Gasteiger partial charge in [-0.25, -0.2) is 0 Å². The van der Waals surface area contributed by atoms with Crippen LogP contribution in [0.1, 0.15) is 32.6 Å². The zero-order valence-corrected chi connectivity index (χ0v) is 8.21. The molecule has 0 saturated heterocycles. The van der Waals surface area contributed by atoms with E-state index >= 15 is 0 Å². The Labute approximate surface area is 78.6 Å². The Morgan fingerprint density at radius 3 is 3.00 bits per heavy atom. The summed E-state index contributed by atoms with van der Waals surface area (Å²) in [6.07, 6.45) is 6.07. The highest BCUT2D eigenvalue weighted by atomic mass is 17.1. The van der Waals surface area contributed by atoms with Crippen LogP contribution in [0.2, 0.25) is 0 Å². The molecule has 0 fully saturated rings. The Kier molecular flexibility index (Phi) is 4.38. The van der Waals surface area contributed by atoms with Crippen molar-refractivity contribution in [3.63, 3.8) is 0 Å². The third kappa shape index (κ3) is 3.87. The summed E-state index contributed by atoms with van der Waals surface area (Å²) in [7, 11) is 1.34. The first kappa shape index (κ1) is 10.7. The average molecular weight is 187 g/mol. The van der Waals surface area contributed by atoms with Crippen molar-refractivity contribution in [3.05, 3.63) is 16.9 Å². The number of allylic oxidation sites excluding steroid dienone is 2. The standard InChI is InChI=1S/C9H17NO3/c1-8-4-3-5-9(7-6-8)13-10(11)12-2/h4,9-10H,3,5-7H2,1-2H3. The molecule has 4 heteroatoms. The van der Waals surface area contributed by atoms with Gasteiger partial charge in [-0.05, 0) is 32.6 Å². The van der Waals surface area contributed by atoms with E-state index in [0.29, 0.717) is 0 Å². The molecule has 13 heavy (non-hydrogen) atoms. The van der Waals surface area contributed by atoms with Crippen LogP contribution in [0.25, 0.3) is 0 Å². The van der Waals surface area contributed by atoms with Crippen LogP contribution in [0.5, 0.6) is 0 Å². The van der Waals surface area contributed by atoms with Crippen LogP contribution in [-0.4, -0.2) is 13.2 Å². The van der Waals surface area contributed by atoms with Crippen molar-refractivity contribution in [2.45, 2.75) is 38.7 Å². The van der Waals surface area contributed by atoms with Crippen molar-refractivity contribution in [2.75, 3.05) is 7.11 Å². The van der Waals surface area contributed by atoms with E-state index in [-0.39, 0.29) is 6.10 Å². The predicted molar refractivity (Wildman–Crippen MR) is 48.4 cm³/mol. The summed E-state index contributed by atoms with van der Waals surface area (Å²) in [5.74, 6) is 0. The van der Waals surface area contributed by atoms with E-state index < -0.39 is 5.39 Å². The quantitative estimate of drug-likeness (QED) is 0.524. The first-order valence-corrected chi connectivity index (χ1v) is 4.62. The maximum Gasteiger partial charge on any atom is 0.122 e. The average Bonchev–Trinajstić information content (AvgIpc) is 2.31. The molecule has 0 heterocycles. The zero-order chi connectivity index (χ0) is 9.68. The van der Waals surface area contributed by atoms with E-state index in [9.17, 15) is 5.21 Å². The molecule has 76 valence electrons. The number of rotatable bonds is 3. The van der Waals surface area contributed by atoms with Gasteiger partial charge in [0.2, 0.25) is 0 Å². The minimum absolute atomic E-state index is 0.0288. The second-order valence-corrected chi connectivity index (χ2v) is 3.36.